The fraction of sp³-hybridized carbons (Fsp3) is 0.240. The minimum atomic E-state index is 0.134. The van der Waals surface area contributed by atoms with Gasteiger partial charge in [-0.3, -0.25) is 4.79 Å². The molecule has 0 amide bonds. The Morgan fingerprint density at radius 3 is 2.00 bits per heavy atom. The van der Waals surface area contributed by atoms with Crippen molar-refractivity contribution in [2.24, 2.45) is 5.92 Å². The molecule has 0 heterocycles. The first-order valence-electron chi connectivity index (χ1n) is 9.78. The number of carbonyl (C=O) groups excluding carboxylic acids is 1. The van der Waals surface area contributed by atoms with Crippen molar-refractivity contribution in [3.8, 4) is 11.5 Å². The number of carbonyl (C=O) groups is 1. The highest BCUT2D eigenvalue weighted by molar-refractivity contribution is 5.96. The first-order valence-corrected chi connectivity index (χ1v) is 9.78. The molecule has 0 saturated heterocycles. The van der Waals surface area contributed by atoms with E-state index in [9.17, 15) is 4.79 Å². The minimum absolute atomic E-state index is 0.134. The largest absolute Gasteiger partial charge is 0.457 e. The average Bonchev–Trinajstić information content (AvgIpc) is 2.73. The van der Waals surface area contributed by atoms with E-state index in [0.717, 1.165) is 11.5 Å². The lowest BCUT2D eigenvalue weighted by Crippen LogP contribution is -2.28. The molecular formula is C25H27NO2. The highest BCUT2D eigenvalue weighted by atomic mass is 16.5. The van der Waals surface area contributed by atoms with E-state index in [1.807, 2.05) is 60.7 Å². The predicted molar refractivity (Wildman–Crippen MR) is 114 cm³/mol. The Bertz CT molecular complexity index is 858. The van der Waals surface area contributed by atoms with Gasteiger partial charge < -0.3 is 10.1 Å². The molecule has 3 aromatic rings. The summed E-state index contributed by atoms with van der Waals surface area (Å²) in [4.78, 5) is 12.5. The van der Waals surface area contributed by atoms with E-state index >= 15 is 0 Å². The zero-order valence-electron chi connectivity index (χ0n) is 16.5. The van der Waals surface area contributed by atoms with Gasteiger partial charge in [0.1, 0.15) is 11.5 Å². The number of ether oxygens (including phenoxy) is 1. The number of para-hydroxylation sites is 1. The number of Topliss-reactive ketones (excluding diaryl/α,β-unsaturated/α-hetero) is 1. The Kier molecular flexibility index (Phi) is 6.99. The predicted octanol–water partition coefficient (Wildman–Crippen LogP) is 6.04. The zero-order chi connectivity index (χ0) is 19.8. The van der Waals surface area contributed by atoms with Crippen LogP contribution in [-0.2, 0) is 0 Å². The van der Waals surface area contributed by atoms with Crippen molar-refractivity contribution in [1.29, 1.82) is 0 Å². The lowest BCUT2D eigenvalue weighted by Gasteiger charge is -2.23. The smallest absolute Gasteiger partial charge is 0.164 e. The second kappa shape index (κ2) is 9.86. The third kappa shape index (κ3) is 5.54. The summed E-state index contributed by atoms with van der Waals surface area (Å²) in [5.41, 5.74) is 1.97. The Balaban J connectivity index is 1.53. The molecule has 28 heavy (non-hydrogen) atoms. The average molecular weight is 373 g/mol. The van der Waals surface area contributed by atoms with Gasteiger partial charge in [0.2, 0.25) is 0 Å². The van der Waals surface area contributed by atoms with Crippen LogP contribution in [0.15, 0.2) is 84.9 Å². The minimum Gasteiger partial charge on any atom is -0.457 e. The standard InChI is InChI=1S/C25H27NO2/c1-19(2)25(21-9-5-3-6-10-21)26-18-17-24(27)20-13-15-23(16-14-20)28-22-11-7-4-8-12-22/h3-16,19,25-26H,17-18H2,1-2H3. The summed E-state index contributed by atoms with van der Waals surface area (Å²) in [6, 6.07) is 27.6. The number of nitrogens with one attached hydrogen (secondary N) is 1. The fourth-order valence-electron chi connectivity index (χ4n) is 3.22. The maximum absolute atomic E-state index is 12.5. The molecule has 0 bridgehead atoms. The maximum Gasteiger partial charge on any atom is 0.164 e. The number of hydrogen-bond donors (Lipinski definition) is 1. The third-order valence-electron chi connectivity index (χ3n) is 4.70. The SMILES string of the molecule is CC(C)C(NCCC(=O)c1ccc(Oc2ccccc2)cc1)c1ccccc1. The molecule has 144 valence electrons. The molecule has 0 fully saturated rings. The fourth-order valence-corrected chi connectivity index (χ4v) is 3.22. The molecule has 0 aliphatic rings. The lowest BCUT2D eigenvalue weighted by atomic mass is 9.96. The van der Waals surface area contributed by atoms with Gasteiger partial charge in [-0.05, 0) is 47.9 Å². The molecule has 3 aromatic carbocycles. The van der Waals surface area contributed by atoms with Crippen molar-refractivity contribution in [2.75, 3.05) is 6.54 Å². The topological polar surface area (TPSA) is 38.3 Å². The molecule has 3 rings (SSSR count). The summed E-state index contributed by atoms with van der Waals surface area (Å²) in [6.45, 7) is 5.04. The molecule has 0 spiro atoms. The van der Waals surface area contributed by atoms with E-state index < -0.39 is 0 Å². The van der Waals surface area contributed by atoms with Gasteiger partial charge in [-0.2, -0.15) is 0 Å². The summed E-state index contributed by atoms with van der Waals surface area (Å²) >= 11 is 0. The van der Waals surface area contributed by atoms with Gasteiger partial charge >= 0.3 is 0 Å². The van der Waals surface area contributed by atoms with Crippen molar-refractivity contribution in [3.05, 3.63) is 96.1 Å². The van der Waals surface area contributed by atoms with Gasteiger partial charge in [0, 0.05) is 24.6 Å². The van der Waals surface area contributed by atoms with E-state index in [-0.39, 0.29) is 11.8 Å². The second-order valence-electron chi connectivity index (χ2n) is 7.20. The summed E-state index contributed by atoms with van der Waals surface area (Å²) in [5, 5.41) is 3.53. The Morgan fingerprint density at radius 2 is 1.39 bits per heavy atom. The molecule has 1 atom stereocenters. The molecule has 0 saturated carbocycles. The van der Waals surface area contributed by atoms with Gasteiger partial charge in [0.05, 0.1) is 0 Å². The van der Waals surface area contributed by atoms with Crippen LogP contribution in [0.2, 0.25) is 0 Å². The molecule has 0 radical (unpaired) electrons. The van der Waals surface area contributed by atoms with E-state index in [2.05, 4.69) is 43.4 Å². The van der Waals surface area contributed by atoms with Gasteiger partial charge in [-0.25, -0.2) is 0 Å². The highest BCUT2D eigenvalue weighted by Crippen LogP contribution is 2.23. The van der Waals surface area contributed by atoms with E-state index in [1.54, 1.807) is 0 Å². The summed E-state index contributed by atoms with van der Waals surface area (Å²) in [5.74, 6) is 2.09. The maximum atomic E-state index is 12.5. The summed E-state index contributed by atoms with van der Waals surface area (Å²) in [6.07, 6.45) is 0.467. The van der Waals surface area contributed by atoms with Crippen LogP contribution < -0.4 is 10.1 Å². The van der Waals surface area contributed by atoms with Crippen LogP contribution in [-0.4, -0.2) is 12.3 Å². The number of rotatable bonds is 9. The zero-order valence-corrected chi connectivity index (χ0v) is 16.5. The molecule has 3 heteroatoms. The van der Waals surface area contributed by atoms with Crippen LogP contribution in [0.4, 0.5) is 0 Å². The van der Waals surface area contributed by atoms with Crippen LogP contribution in [0.25, 0.3) is 0 Å². The number of benzene rings is 3. The molecular weight excluding hydrogens is 346 g/mol. The van der Waals surface area contributed by atoms with Crippen LogP contribution in [0.1, 0.15) is 42.2 Å². The number of ketones is 1. The third-order valence-corrected chi connectivity index (χ3v) is 4.70. The second-order valence-corrected chi connectivity index (χ2v) is 7.20. The lowest BCUT2D eigenvalue weighted by molar-refractivity contribution is 0.0980. The van der Waals surface area contributed by atoms with Crippen LogP contribution in [0.3, 0.4) is 0 Å². The van der Waals surface area contributed by atoms with Gasteiger partial charge in [-0.1, -0.05) is 62.4 Å². The van der Waals surface area contributed by atoms with Crippen molar-refractivity contribution in [3.63, 3.8) is 0 Å². The molecule has 1 unspecified atom stereocenters. The van der Waals surface area contributed by atoms with Crippen LogP contribution >= 0.6 is 0 Å². The molecule has 0 aromatic heterocycles. The normalized spacial score (nSPS) is 12.0. The Morgan fingerprint density at radius 1 is 0.821 bits per heavy atom. The molecule has 3 nitrogen and oxygen atoms in total. The Hall–Kier alpha value is -2.91. The highest BCUT2D eigenvalue weighted by Gasteiger charge is 2.15. The Labute approximate surface area is 167 Å². The van der Waals surface area contributed by atoms with Crippen LogP contribution in [0, 0.1) is 5.92 Å². The van der Waals surface area contributed by atoms with E-state index in [1.165, 1.54) is 5.56 Å². The molecule has 1 N–H and O–H groups in total. The molecule has 0 aliphatic carbocycles. The van der Waals surface area contributed by atoms with Crippen molar-refractivity contribution < 1.29 is 9.53 Å². The van der Waals surface area contributed by atoms with E-state index in [0.29, 0.717) is 24.4 Å². The quantitative estimate of drug-likeness (QED) is 0.465. The monoisotopic (exact) mass is 373 g/mol. The number of hydrogen-bond acceptors (Lipinski definition) is 3. The van der Waals surface area contributed by atoms with Gasteiger partial charge in [0.15, 0.2) is 5.78 Å². The van der Waals surface area contributed by atoms with E-state index in [4.69, 9.17) is 4.74 Å². The first-order chi connectivity index (χ1) is 13.6. The summed E-state index contributed by atoms with van der Waals surface area (Å²) in [7, 11) is 0. The van der Waals surface area contributed by atoms with Gasteiger partial charge in [0.25, 0.3) is 0 Å². The van der Waals surface area contributed by atoms with Crippen molar-refractivity contribution >= 4 is 5.78 Å². The summed E-state index contributed by atoms with van der Waals surface area (Å²) < 4.78 is 5.78. The molecule has 0 aliphatic heterocycles. The van der Waals surface area contributed by atoms with Crippen molar-refractivity contribution in [2.45, 2.75) is 26.3 Å². The van der Waals surface area contributed by atoms with Crippen molar-refractivity contribution in [1.82, 2.24) is 5.32 Å². The van der Waals surface area contributed by atoms with Crippen LogP contribution in [0.5, 0.6) is 11.5 Å². The van der Waals surface area contributed by atoms with Gasteiger partial charge in [-0.15, -0.1) is 0 Å². The first kappa shape index (κ1) is 19.8.